The van der Waals surface area contributed by atoms with Gasteiger partial charge in [0.1, 0.15) is 6.61 Å². The van der Waals surface area contributed by atoms with E-state index in [1.807, 2.05) is 31.2 Å². The summed E-state index contributed by atoms with van der Waals surface area (Å²) in [5, 5.41) is 10.5. The van der Waals surface area contributed by atoms with Gasteiger partial charge in [-0.1, -0.05) is 72.3 Å². The fourth-order valence-corrected chi connectivity index (χ4v) is 4.88. The van der Waals surface area contributed by atoms with E-state index in [9.17, 15) is 14.7 Å². The van der Waals surface area contributed by atoms with E-state index in [-0.39, 0.29) is 18.6 Å². The van der Waals surface area contributed by atoms with Crippen molar-refractivity contribution in [2.75, 3.05) is 6.61 Å². The standard InChI is InChI=1S/C27H24ClNO4/c1-16-10-11-17(14-24(16)28)25(26(30)31)29(18-12-13-18)27(32)33-15-23-21-8-4-2-6-19(21)20-7-3-5-9-22(20)23/h2-11,14,18,23,25H,12-13,15H2,1H3,(H,30,31). The molecule has 0 radical (unpaired) electrons. The largest absolute Gasteiger partial charge is 0.479 e. The summed E-state index contributed by atoms with van der Waals surface area (Å²) in [6.07, 6.45) is 0.907. The summed E-state index contributed by atoms with van der Waals surface area (Å²) in [6, 6.07) is 20.1. The molecule has 0 aromatic heterocycles. The van der Waals surface area contributed by atoms with Crippen LogP contribution >= 0.6 is 11.6 Å². The van der Waals surface area contributed by atoms with E-state index >= 15 is 0 Å². The molecule has 1 atom stereocenters. The van der Waals surface area contributed by atoms with E-state index in [1.54, 1.807) is 18.2 Å². The summed E-state index contributed by atoms with van der Waals surface area (Å²) in [5.74, 6) is -1.19. The lowest BCUT2D eigenvalue weighted by Gasteiger charge is -2.29. The Balaban J connectivity index is 1.41. The molecule has 6 heteroatoms. The van der Waals surface area contributed by atoms with Gasteiger partial charge in [-0.2, -0.15) is 0 Å². The number of carbonyl (C=O) groups excluding carboxylic acids is 1. The highest BCUT2D eigenvalue weighted by atomic mass is 35.5. The zero-order valence-corrected chi connectivity index (χ0v) is 19.0. The van der Waals surface area contributed by atoms with Crippen molar-refractivity contribution in [3.63, 3.8) is 0 Å². The molecule has 1 unspecified atom stereocenters. The average Bonchev–Trinajstić information content (AvgIpc) is 3.60. The molecule has 3 aromatic carbocycles. The van der Waals surface area contributed by atoms with Crippen LogP contribution in [-0.4, -0.2) is 34.7 Å². The molecule has 1 saturated carbocycles. The molecule has 0 bridgehead atoms. The molecule has 2 aliphatic rings. The number of amides is 1. The summed E-state index contributed by atoms with van der Waals surface area (Å²) in [5.41, 5.74) is 5.84. The van der Waals surface area contributed by atoms with Gasteiger partial charge in [-0.3, -0.25) is 4.90 Å². The van der Waals surface area contributed by atoms with Crippen molar-refractivity contribution >= 4 is 23.7 Å². The second-order valence-electron chi connectivity index (χ2n) is 8.69. The van der Waals surface area contributed by atoms with Gasteiger partial charge in [0.2, 0.25) is 0 Å². The minimum absolute atomic E-state index is 0.0838. The molecule has 1 amide bonds. The molecule has 0 heterocycles. The first-order valence-electron chi connectivity index (χ1n) is 11.1. The van der Waals surface area contributed by atoms with Crippen LogP contribution in [0.4, 0.5) is 4.79 Å². The Kier molecular flexibility index (Phi) is 5.59. The fraction of sp³-hybridized carbons (Fsp3) is 0.259. The lowest BCUT2D eigenvalue weighted by molar-refractivity contribution is -0.143. The molecule has 5 rings (SSSR count). The van der Waals surface area contributed by atoms with E-state index in [0.717, 1.165) is 40.7 Å². The number of carboxylic acids is 1. The summed E-state index contributed by atoms with van der Waals surface area (Å²) < 4.78 is 5.80. The number of hydrogen-bond donors (Lipinski definition) is 1. The Morgan fingerprint density at radius 1 is 1.03 bits per heavy atom. The topological polar surface area (TPSA) is 66.8 Å². The van der Waals surface area contributed by atoms with Crippen LogP contribution in [0.5, 0.6) is 0 Å². The zero-order valence-electron chi connectivity index (χ0n) is 18.2. The maximum Gasteiger partial charge on any atom is 0.411 e. The number of carbonyl (C=O) groups is 2. The second kappa shape index (κ2) is 8.56. The highest BCUT2D eigenvalue weighted by molar-refractivity contribution is 6.31. The first kappa shape index (κ1) is 21.5. The summed E-state index contributed by atoms with van der Waals surface area (Å²) in [7, 11) is 0. The fourth-order valence-electron chi connectivity index (χ4n) is 4.69. The number of hydrogen-bond acceptors (Lipinski definition) is 3. The van der Waals surface area contributed by atoms with Crippen molar-refractivity contribution in [1.29, 1.82) is 0 Å². The normalized spacial score (nSPS) is 15.5. The number of aryl methyl sites for hydroxylation is 1. The molecule has 0 aliphatic heterocycles. The first-order valence-corrected chi connectivity index (χ1v) is 11.5. The number of fused-ring (bicyclic) bond motifs is 3. The molecule has 33 heavy (non-hydrogen) atoms. The Morgan fingerprint density at radius 3 is 2.18 bits per heavy atom. The maximum absolute atomic E-state index is 13.3. The van der Waals surface area contributed by atoms with E-state index < -0.39 is 18.1 Å². The number of benzene rings is 3. The predicted octanol–water partition coefficient (Wildman–Crippen LogP) is 6.19. The molecule has 0 spiro atoms. The Morgan fingerprint density at radius 2 is 1.64 bits per heavy atom. The van der Waals surface area contributed by atoms with Crippen LogP contribution in [0.15, 0.2) is 66.7 Å². The third kappa shape index (κ3) is 3.98. The van der Waals surface area contributed by atoms with Crippen molar-refractivity contribution in [1.82, 2.24) is 4.90 Å². The quantitative estimate of drug-likeness (QED) is 0.475. The first-order chi connectivity index (χ1) is 16.0. The summed E-state index contributed by atoms with van der Waals surface area (Å²) >= 11 is 6.26. The summed E-state index contributed by atoms with van der Waals surface area (Å²) in [6.45, 7) is 2.00. The van der Waals surface area contributed by atoms with Crippen molar-refractivity contribution in [2.45, 2.75) is 37.8 Å². The van der Waals surface area contributed by atoms with Gasteiger partial charge in [-0.15, -0.1) is 0 Å². The number of carboxylic acid groups (broad SMARTS) is 1. The highest BCUT2D eigenvalue weighted by Gasteiger charge is 2.43. The van der Waals surface area contributed by atoms with E-state index in [2.05, 4.69) is 24.3 Å². The van der Waals surface area contributed by atoms with Crippen molar-refractivity contribution in [3.8, 4) is 11.1 Å². The third-order valence-electron chi connectivity index (χ3n) is 6.51. The lowest BCUT2D eigenvalue weighted by atomic mass is 9.98. The van der Waals surface area contributed by atoms with E-state index in [1.165, 1.54) is 4.90 Å². The van der Waals surface area contributed by atoms with Crippen LogP contribution < -0.4 is 0 Å². The van der Waals surface area contributed by atoms with Crippen LogP contribution in [-0.2, 0) is 9.53 Å². The molecular weight excluding hydrogens is 438 g/mol. The molecule has 2 aliphatic carbocycles. The smallest absolute Gasteiger partial charge is 0.411 e. The van der Waals surface area contributed by atoms with Crippen LogP contribution in [0.2, 0.25) is 5.02 Å². The highest BCUT2D eigenvalue weighted by Crippen LogP contribution is 2.45. The minimum atomic E-state index is -1.15. The van der Waals surface area contributed by atoms with Crippen molar-refractivity contribution in [2.24, 2.45) is 0 Å². The molecule has 3 aromatic rings. The van der Waals surface area contributed by atoms with Gasteiger partial charge in [0.15, 0.2) is 6.04 Å². The molecule has 1 fully saturated rings. The van der Waals surface area contributed by atoms with Crippen LogP contribution in [0, 0.1) is 6.92 Å². The van der Waals surface area contributed by atoms with E-state index in [4.69, 9.17) is 16.3 Å². The Bertz CT molecular complexity index is 1190. The van der Waals surface area contributed by atoms with Gasteiger partial charge in [-0.05, 0) is 59.2 Å². The minimum Gasteiger partial charge on any atom is -0.479 e. The number of ether oxygens (including phenoxy) is 1. The number of nitrogens with zero attached hydrogens (tertiary/aromatic N) is 1. The van der Waals surface area contributed by atoms with Gasteiger partial charge < -0.3 is 9.84 Å². The molecule has 168 valence electrons. The SMILES string of the molecule is Cc1ccc(C(C(=O)O)N(C(=O)OCC2c3ccccc3-c3ccccc32)C2CC2)cc1Cl. The second-order valence-corrected chi connectivity index (χ2v) is 9.10. The monoisotopic (exact) mass is 461 g/mol. The maximum atomic E-state index is 13.3. The molecule has 5 nitrogen and oxygen atoms in total. The number of halogens is 1. The van der Waals surface area contributed by atoms with Gasteiger partial charge in [0, 0.05) is 17.0 Å². The van der Waals surface area contributed by atoms with Crippen LogP contribution in [0.25, 0.3) is 11.1 Å². The van der Waals surface area contributed by atoms with E-state index in [0.29, 0.717) is 10.6 Å². The predicted molar refractivity (Wildman–Crippen MR) is 126 cm³/mol. The molecule has 0 saturated heterocycles. The molecule has 1 N–H and O–H groups in total. The van der Waals surface area contributed by atoms with Gasteiger partial charge >= 0.3 is 12.1 Å². The number of rotatable bonds is 6. The molecular formula is C27H24ClNO4. The van der Waals surface area contributed by atoms with Crippen molar-refractivity contribution in [3.05, 3.63) is 94.0 Å². The number of aliphatic carboxylic acids is 1. The Labute approximate surface area is 197 Å². The summed E-state index contributed by atoms with van der Waals surface area (Å²) in [4.78, 5) is 26.9. The van der Waals surface area contributed by atoms with Gasteiger partial charge in [0.05, 0.1) is 0 Å². The van der Waals surface area contributed by atoms with Crippen LogP contribution in [0.1, 0.15) is 47.1 Å². The lowest BCUT2D eigenvalue weighted by Crippen LogP contribution is -2.41. The van der Waals surface area contributed by atoms with Crippen molar-refractivity contribution < 1.29 is 19.4 Å². The van der Waals surface area contributed by atoms with Crippen LogP contribution in [0.3, 0.4) is 0 Å². The Hall–Kier alpha value is -3.31. The van der Waals surface area contributed by atoms with Gasteiger partial charge in [0.25, 0.3) is 0 Å². The average molecular weight is 462 g/mol. The third-order valence-corrected chi connectivity index (χ3v) is 6.92. The zero-order chi connectivity index (χ0) is 23.1. The van der Waals surface area contributed by atoms with Gasteiger partial charge in [-0.25, -0.2) is 9.59 Å².